The monoisotopic (exact) mass is 295 g/mol. The highest BCUT2D eigenvalue weighted by Gasteiger charge is 2.53. The van der Waals surface area contributed by atoms with Crippen LogP contribution in [-0.4, -0.2) is 43.0 Å². The SMILES string of the molecule is Cc1nc(N)nc2c1ncn2C1OC(CO)[C@@H](C)[C@@]1(C)F. The Bertz CT molecular complexity index is 686. The number of nitrogens with two attached hydrogens (primary N) is 1. The van der Waals surface area contributed by atoms with E-state index in [2.05, 4.69) is 15.0 Å². The summed E-state index contributed by atoms with van der Waals surface area (Å²) >= 11 is 0. The molecule has 3 N–H and O–H groups in total. The van der Waals surface area contributed by atoms with E-state index in [4.69, 9.17) is 10.5 Å². The Balaban J connectivity index is 2.13. The van der Waals surface area contributed by atoms with Gasteiger partial charge in [0.2, 0.25) is 5.95 Å². The van der Waals surface area contributed by atoms with E-state index in [1.807, 2.05) is 0 Å². The molecule has 1 fully saturated rings. The van der Waals surface area contributed by atoms with E-state index >= 15 is 4.39 Å². The van der Waals surface area contributed by atoms with E-state index in [9.17, 15) is 5.11 Å². The zero-order valence-electron chi connectivity index (χ0n) is 12.1. The number of nitrogens with zero attached hydrogens (tertiary/aromatic N) is 4. The number of nitrogen functional groups attached to an aromatic ring is 1. The average Bonchev–Trinajstić information content (AvgIpc) is 2.91. The molecule has 0 aliphatic carbocycles. The standard InChI is InChI=1S/C13H18FN5O2/c1-6-8(4-20)21-11(13(6,3)14)19-5-16-9-7(2)17-12(15)18-10(9)19/h5-6,8,11,20H,4H2,1-3H3,(H2,15,17,18)/t6-,8?,11?,13-/m1/s1. The number of fused-ring (bicyclic) bond motifs is 1. The lowest BCUT2D eigenvalue weighted by Crippen LogP contribution is -2.34. The van der Waals surface area contributed by atoms with E-state index in [1.54, 1.807) is 13.8 Å². The molecule has 3 rings (SSSR count). The highest BCUT2D eigenvalue weighted by molar-refractivity contribution is 5.74. The minimum Gasteiger partial charge on any atom is -0.394 e. The van der Waals surface area contributed by atoms with Gasteiger partial charge in [0.1, 0.15) is 5.52 Å². The molecule has 2 unspecified atom stereocenters. The summed E-state index contributed by atoms with van der Waals surface area (Å²) in [6.45, 7) is 4.71. The van der Waals surface area contributed by atoms with Gasteiger partial charge in [-0.2, -0.15) is 4.98 Å². The van der Waals surface area contributed by atoms with Crippen LogP contribution in [0.2, 0.25) is 0 Å². The smallest absolute Gasteiger partial charge is 0.222 e. The maximum absolute atomic E-state index is 15.0. The van der Waals surface area contributed by atoms with Gasteiger partial charge >= 0.3 is 0 Å². The fourth-order valence-corrected chi connectivity index (χ4v) is 2.79. The van der Waals surface area contributed by atoms with Crippen molar-refractivity contribution < 1.29 is 14.2 Å². The van der Waals surface area contributed by atoms with Crippen LogP contribution in [0.15, 0.2) is 6.33 Å². The predicted molar refractivity (Wildman–Crippen MR) is 74.1 cm³/mol. The number of aromatic nitrogens is 4. The van der Waals surface area contributed by atoms with Crippen LogP contribution < -0.4 is 5.73 Å². The summed E-state index contributed by atoms with van der Waals surface area (Å²) < 4.78 is 22.2. The quantitative estimate of drug-likeness (QED) is 0.856. The molecule has 21 heavy (non-hydrogen) atoms. The molecule has 4 atom stereocenters. The second kappa shape index (κ2) is 4.60. The number of rotatable bonds is 2. The molecule has 1 aliphatic rings. The van der Waals surface area contributed by atoms with Gasteiger partial charge in [0, 0.05) is 5.92 Å². The van der Waals surface area contributed by atoms with E-state index in [-0.39, 0.29) is 12.6 Å². The molecule has 8 heteroatoms. The van der Waals surface area contributed by atoms with Crippen molar-refractivity contribution >= 4 is 17.1 Å². The molecule has 7 nitrogen and oxygen atoms in total. The van der Waals surface area contributed by atoms with Crippen LogP contribution in [-0.2, 0) is 4.74 Å². The largest absolute Gasteiger partial charge is 0.394 e. The van der Waals surface area contributed by atoms with Crippen LogP contribution in [0.5, 0.6) is 0 Å². The first-order valence-corrected chi connectivity index (χ1v) is 6.78. The number of aryl methyl sites for hydroxylation is 1. The number of hydrogen-bond donors (Lipinski definition) is 2. The summed E-state index contributed by atoms with van der Waals surface area (Å²) in [5.41, 5.74) is 5.62. The van der Waals surface area contributed by atoms with Crippen LogP contribution in [0.3, 0.4) is 0 Å². The van der Waals surface area contributed by atoms with Crippen molar-refractivity contribution in [3.63, 3.8) is 0 Å². The van der Waals surface area contributed by atoms with Crippen LogP contribution >= 0.6 is 0 Å². The number of aliphatic hydroxyl groups excluding tert-OH is 1. The number of alkyl halides is 1. The fraction of sp³-hybridized carbons (Fsp3) is 0.615. The first kappa shape index (κ1) is 14.2. The number of halogens is 1. The number of aliphatic hydroxyl groups is 1. The molecule has 0 bridgehead atoms. The molecular weight excluding hydrogens is 277 g/mol. The molecule has 2 aromatic heterocycles. The summed E-state index contributed by atoms with van der Waals surface area (Å²) in [6.07, 6.45) is -0.00751. The van der Waals surface area contributed by atoms with Crippen molar-refractivity contribution in [1.82, 2.24) is 19.5 Å². The van der Waals surface area contributed by atoms with Crippen LogP contribution in [0, 0.1) is 12.8 Å². The van der Waals surface area contributed by atoms with Crippen LogP contribution in [0.1, 0.15) is 25.8 Å². The average molecular weight is 295 g/mol. The van der Waals surface area contributed by atoms with Gasteiger partial charge in [-0.25, -0.2) is 14.4 Å². The topological polar surface area (TPSA) is 99.1 Å². The summed E-state index contributed by atoms with van der Waals surface area (Å²) in [6, 6.07) is 0. The fourth-order valence-electron chi connectivity index (χ4n) is 2.79. The van der Waals surface area contributed by atoms with Crippen molar-refractivity contribution in [1.29, 1.82) is 0 Å². The Kier molecular flexibility index (Phi) is 3.10. The first-order valence-electron chi connectivity index (χ1n) is 6.78. The number of anilines is 1. The summed E-state index contributed by atoms with van der Waals surface area (Å²) in [5, 5.41) is 9.32. The predicted octanol–water partition coefficient (Wildman–Crippen LogP) is 0.971. The van der Waals surface area contributed by atoms with Crippen LogP contribution in [0.4, 0.5) is 10.3 Å². The van der Waals surface area contributed by atoms with Crippen molar-refractivity contribution in [2.24, 2.45) is 5.92 Å². The molecule has 0 spiro atoms. The molecule has 2 aromatic rings. The first-order chi connectivity index (χ1) is 9.86. The normalized spacial score (nSPS) is 32.9. The van der Waals surface area contributed by atoms with E-state index in [0.717, 1.165) is 0 Å². The zero-order chi connectivity index (χ0) is 15.4. The Morgan fingerprint density at radius 3 is 2.86 bits per heavy atom. The molecule has 0 aromatic carbocycles. The second-order valence-electron chi connectivity index (χ2n) is 5.64. The maximum Gasteiger partial charge on any atom is 0.222 e. The Hall–Kier alpha value is -1.80. The summed E-state index contributed by atoms with van der Waals surface area (Å²) in [4.78, 5) is 12.4. The van der Waals surface area contributed by atoms with Gasteiger partial charge in [-0.05, 0) is 13.8 Å². The Morgan fingerprint density at radius 2 is 2.24 bits per heavy atom. The third kappa shape index (κ3) is 1.97. The van der Waals surface area contributed by atoms with E-state index in [0.29, 0.717) is 16.9 Å². The van der Waals surface area contributed by atoms with Gasteiger partial charge < -0.3 is 15.6 Å². The van der Waals surface area contributed by atoms with Gasteiger partial charge in [0.15, 0.2) is 17.5 Å². The van der Waals surface area contributed by atoms with Crippen molar-refractivity contribution in [2.75, 3.05) is 12.3 Å². The molecule has 114 valence electrons. The van der Waals surface area contributed by atoms with E-state index < -0.39 is 23.9 Å². The highest BCUT2D eigenvalue weighted by atomic mass is 19.1. The van der Waals surface area contributed by atoms with Crippen molar-refractivity contribution in [2.45, 2.75) is 38.8 Å². The molecule has 0 amide bonds. The molecule has 1 aliphatic heterocycles. The summed E-state index contributed by atoms with van der Waals surface area (Å²) in [7, 11) is 0. The molecular formula is C13H18FN5O2. The zero-order valence-corrected chi connectivity index (χ0v) is 12.1. The molecule has 1 saturated heterocycles. The van der Waals surface area contributed by atoms with Crippen molar-refractivity contribution in [3.8, 4) is 0 Å². The lowest BCUT2D eigenvalue weighted by molar-refractivity contribution is -0.0565. The van der Waals surface area contributed by atoms with E-state index in [1.165, 1.54) is 17.8 Å². The minimum absolute atomic E-state index is 0.104. The highest BCUT2D eigenvalue weighted by Crippen LogP contribution is 2.45. The van der Waals surface area contributed by atoms with Gasteiger partial charge in [0.25, 0.3) is 0 Å². The third-order valence-electron chi connectivity index (χ3n) is 4.28. The second-order valence-corrected chi connectivity index (χ2v) is 5.64. The molecule has 3 heterocycles. The Labute approximate surface area is 121 Å². The maximum atomic E-state index is 15.0. The summed E-state index contributed by atoms with van der Waals surface area (Å²) in [5.74, 6) is -0.350. The number of hydrogen-bond acceptors (Lipinski definition) is 6. The Morgan fingerprint density at radius 1 is 1.52 bits per heavy atom. The van der Waals surface area contributed by atoms with Crippen LogP contribution in [0.25, 0.3) is 11.2 Å². The third-order valence-corrected chi connectivity index (χ3v) is 4.28. The van der Waals surface area contributed by atoms with Gasteiger partial charge in [0.05, 0.1) is 24.7 Å². The molecule has 0 radical (unpaired) electrons. The lowest BCUT2D eigenvalue weighted by atomic mass is 9.90. The number of ether oxygens (including phenoxy) is 1. The number of imidazole rings is 1. The lowest BCUT2D eigenvalue weighted by Gasteiger charge is -2.25. The van der Waals surface area contributed by atoms with Gasteiger partial charge in [-0.1, -0.05) is 6.92 Å². The van der Waals surface area contributed by atoms with Gasteiger partial charge in [-0.15, -0.1) is 0 Å². The van der Waals surface area contributed by atoms with Crippen molar-refractivity contribution in [3.05, 3.63) is 12.0 Å². The minimum atomic E-state index is -1.66. The van der Waals surface area contributed by atoms with Gasteiger partial charge in [-0.3, -0.25) is 4.57 Å². The molecule has 0 saturated carbocycles.